The lowest BCUT2D eigenvalue weighted by Gasteiger charge is -2.41. The SMILES string of the molecule is COc1ccc2ncc(N(C)C)c(C(F)CCC3(CC(=O)O)CCN(CC#Cc4cccs4)CC3)c2c1. The molecular weight excluding hydrogens is 489 g/mol. The second-order valence-corrected chi connectivity index (χ2v) is 10.9. The average molecular weight is 524 g/mol. The topological polar surface area (TPSA) is 65.9 Å². The minimum Gasteiger partial charge on any atom is -0.497 e. The summed E-state index contributed by atoms with van der Waals surface area (Å²) in [4.78, 5) is 21.5. The Kier molecular flexibility index (Phi) is 8.67. The number of halogens is 1. The van der Waals surface area contributed by atoms with Gasteiger partial charge in [0.15, 0.2) is 0 Å². The monoisotopic (exact) mass is 523 g/mol. The molecule has 1 aliphatic heterocycles. The zero-order valence-corrected chi connectivity index (χ0v) is 22.5. The Hall–Kier alpha value is -3.15. The summed E-state index contributed by atoms with van der Waals surface area (Å²) in [6.07, 6.45) is 2.71. The van der Waals surface area contributed by atoms with Crippen molar-refractivity contribution in [3.63, 3.8) is 0 Å². The van der Waals surface area contributed by atoms with Crippen molar-refractivity contribution in [3.05, 3.63) is 52.3 Å². The molecule has 0 radical (unpaired) electrons. The van der Waals surface area contributed by atoms with Gasteiger partial charge in [-0.2, -0.15) is 0 Å². The fraction of sp³-hybridized carbons (Fsp3) is 0.448. The Labute approximate surface area is 222 Å². The highest BCUT2D eigenvalue weighted by Crippen LogP contribution is 2.44. The first kappa shape index (κ1) is 26.9. The zero-order chi connectivity index (χ0) is 26.4. The van der Waals surface area contributed by atoms with E-state index in [4.69, 9.17) is 4.74 Å². The first-order chi connectivity index (χ1) is 17.8. The lowest BCUT2D eigenvalue weighted by molar-refractivity contribution is -0.141. The van der Waals surface area contributed by atoms with E-state index >= 15 is 4.39 Å². The number of piperidine rings is 1. The number of rotatable bonds is 9. The van der Waals surface area contributed by atoms with Crippen LogP contribution in [0.3, 0.4) is 0 Å². The maximum atomic E-state index is 16.1. The van der Waals surface area contributed by atoms with Crippen LogP contribution in [0.5, 0.6) is 5.75 Å². The van der Waals surface area contributed by atoms with Crippen molar-refractivity contribution in [1.29, 1.82) is 0 Å². The number of ether oxygens (including phenoxy) is 1. The lowest BCUT2D eigenvalue weighted by Crippen LogP contribution is -2.41. The summed E-state index contributed by atoms with van der Waals surface area (Å²) in [6, 6.07) is 9.48. The van der Waals surface area contributed by atoms with E-state index in [-0.39, 0.29) is 12.8 Å². The number of pyridine rings is 1. The number of likely N-dealkylation sites (tertiary alicyclic amines) is 1. The van der Waals surface area contributed by atoms with Gasteiger partial charge in [0.2, 0.25) is 0 Å². The number of fused-ring (bicyclic) bond motifs is 1. The minimum atomic E-state index is -1.25. The maximum Gasteiger partial charge on any atom is 0.303 e. The van der Waals surface area contributed by atoms with Crippen LogP contribution in [0.25, 0.3) is 10.9 Å². The zero-order valence-electron chi connectivity index (χ0n) is 21.7. The number of alkyl halides is 1. The third-order valence-electron chi connectivity index (χ3n) is 7.30. The van der Waals surface area contributed by atoms with Gasteiger partial charge in [-0.25, -0.2) is 4.39 Å². The highest BCUT2D eigenvalue weighted by atomic mass is 32.1. The van der Waals surface area contributed by atoms with E-state index in [1.54, 1.807) is 24.6 Å². The summed E-state index contributed by atoms with van der Waals surface area (Å²) in [5.74, 6) is 6.24. The summed E-state index contributed by atoms with van der Waals surface area (Å²) in [7, 11) is 5.34. The quantitative estimate of drug-likeness (QED) is 0.359. The first-order valence-corrected chi connectivity index (χ1v) is 13.4. The average Bonchev–Trinajstić information content (AvgIpc) is 3.40. The molecule has 1 unspecified atom stereocenters. The molecule has 0 bridgehead atoms. The Morgan fingerprint density at radius 3 is 2.76 bits per heavy atom. The number of carboxylic acids is 1. The molecule has 8 heteroatoms. The molecule has 6 nitrogen and oxygen atoms in total. The number of aliphatic carboxylic acids is 1. The van der Waals surface area contributed by atoms with E-state index in [0.29, 0.717) is 29.8 Å². The molecule has 1 aliphatic rings. The number of carboxylic acid groups (broad SMARTS) is 1. The van der Waals surface area contributed by atoms with Gasteiger partial charge in [0.05, 0.1) is 42.4 Å². The molecule has 1 aromatic carbocycles. The summed E-state index contributed by atoms with van der Waals surface area (Å²) in [5.41, 5.74) is 1.59. The summed E-state index contributed by atoms with van der Waals surface area (Å²) in [6.45, 7) is 2.19. The van der Waals surface area contributed by atoms with Gasteiger partial charge in [-0.15, -0.1) is 11.3 Å². The molecule has 3 aromatic rings. The molecule has 0 saturated carbocycles. The van der Waals surface area contributed by atoms with Crippen molar-refractivity contribution in [3.8, 4) is 17.6 Å². The second-order valence-electron chi connectivity index (χ2n) is 9.97. The van der Waals surface area contributed by atoms with E-state index in [9.17, 15) is 9.90 Å². The molecule has 4 rings (SSSR count). The molecule has 1 fully saturated rings. The fourth-order valence-corrected chi connectivity index (χ4v) is 5.77. The number of anilines is 1. The molecule has 196 valence electrons. The standard InChI is InChI=1S/C29H34FN3O3S/c1-32(2)26-20-31-25-9-8-21(36-3)18-23(25)28(26)24(30)10-11-29(19-27(34)35)12-15-33(16-13-29)14-4-6-22-7-5-17-37-22/h5,7-9,17-18,20,24H,10-16,19H2,1-3H3,(H,34,35). The van der Waals surface area contributed by atoms with E-state index in [2.05, 4.69) is 21.7 Å². The van der Waals surface area contributed by atoms with Gasteiger partial charge in [-0.3, -0.25) is 14.7 Å². The van der Waals surface area contributed by atoms with Crippen LogP contribution >= 0.6 is 11.3 Å². The van der Waals surface area contributed by atoms with E-state index in [1.165, 1.54) is 0 Å². The van der Waals surface area contributed by atoms with E-state index in [0.717, 1.165) is 41.9 Å². The normalized spacial score (nSPS) is 16.1. The van der Waals surface area contributed by atoms with Crippen LogP contribution in [0.2, 0.25) is 0 Å². The number of aromatic nitrogens is 1. The number of hydrogen-bond donors (Lipinski definition) is 1. The molecule has 3 heterocycles. The molecule has 37 heavy (non-hydrogen) atoms. The Bertz CT molecular complexity index is 1270. The molecule has 1 N–H and O–H groups in total. The molecule has 1 saturated heterocycles. The maximum absolute atomic E-state index is 16.1. The van der Waals surface area contributed by atoms with Gasteiger partial charge in [-0.1, -0.05) is 17.9 Å². The molecule has 2 aromatic heterocycles. The fourth-order valence-electron chi connectivity index (χ4n) is 5.18. The van der Waals surface area contributed by atoms with Crippen molar-refractivity contribution in [2.24, 2.45) is 5.41 Å². The predicted octanol–water partition coefficient (Wildman–Crippen LogP) is 5.77. The third kappa shape index (κ3) is 6.60. The smallest absolute Gasteiger partial charge is 0.303 e. The van der Waals surface area contributed by atoms with Crippen LogP contribution in [0.1, 0.15) is 48.7 Å². The Morgan fingerprint density at radius 2 is 2.11 bits per heavy atom. The van der Waals surface area contributed by atoms with Gasteiger partial charge in [-0.05, 0) is 73.8 Å². The summed E-state index contributed by atoms with van der Waals surface area (Å²) < 4.78 is 21.5. The van der Waals surface area contributed by atoms with Crippen LogP contribution in [0.4, 0.5) is 10.1 Å². The Morgan fingerprint density at radius 1 is 1.32 bits per heavy atom. The largest absolute Gasteiger partial charge is 0.497 e. The first-order valence-electron chi connectivity index (χ1n) is 12.5. The lowest BCUT2D eigenvalue weighted by atomic mass is 9.71. The predicted molar refractivity (Wildman–Crippen MR) is 147 cm³/mol. The van der Waals surface area contributed by atoms with Gasteiger partial charge in [0.25, 0.3) is 0 Å². The van der Waals surface area contributed by atoms with Crippen molar-refractivity contribution in [1.82, 2.24) is 9.88 Å². The van der Waals surface area contributed by atoms with Crippen molar-refractivity contribution in [2.45, 2.75) is 38.3 Å². The van der Waals surface area contributed by atoms with Crippen molar-refractivity contribution in [2.75, 3.05) is 45.7 Å². The Balaban J connectivity index is 1.49. The molecule has 0 amide bonds. The van der Waals surface area contributed by atoms with Gasteiger partial charge < -0.3 is 14.7 Å². The highest BCUT2D eigenvalue weighted by Gasteiger charge is 2.37. The summed E-state index contributed by atoms with van der Waals surface area (Å²) >= 11 is 1.62. The molecule has 0 spiro atoms. The van der Waals surface area contributed by atoms with Crippen LogP contribution < -0.4 is 9.64 Å². The van der Waals surface area contributed by atoms with Crippen LogP contribution in [0, 0.1) is 17.3 Å². The van der Waals surface area contributed by atoms with Gasteiger partial charge >= 0.3 is 5.97 Å². The van der Waals surface area contributed by atoms with E-state index in [1.807, 2.05) is 54.7 Å². The molecule has 0 aliphatic carbocycles. The van der Waals surface area contributed by atoms with E-state index < -0.39 is 17.6 Å². The van der Waals surface area contributed by atoms with Gasteiger partial charge in [0, 0.05) is 25.0 Å². The molecule has 1 atom stereocenters. The summed E-state index contributed by atoms with van der Waals surface area (Å²) in [5, 5.41) is 12.4. The van der Waals surface area contributed by atoms with Crippen molar-refractivity contribution >= 4 is 33.9 Å². The van der Waals surface area contributed by atoms with Crippen LogP contribution in [-0.2, 0) is 4.79 Å². The highest BCUT2D eigenvalue weighted by molar-refractivity contribution is 7.10. The van der Waals surface area contributed by atoms with Crippen LogP contribution in [-0.4, -0.2) is 61.8 Å². The number of hydrogen-bond acceptors (Lipinski definition) is 6. The number of benzene rings is 1. The second kappa shape index (κ2) is 11.9. The number of carbonyl (C=O) groups is 1. The van der Waals surface area contributed by atoms with Gasteiger partial charge in [0.1, 0.15) is 11.9 Å². The number of methoxy groups -OCH3 is 1. The molecular formula is C29H34FN3O3S. The number of thiophene rings is 1. The van der Waals surface area contributed by atoms with Crippen molar-refractivity contribution < 1.29 is 19.0 Å². The minimum absolute atomic E-state index is 0.0554. The van der Waals surface area contributed by atoms with Crippen LogP contribution in [0.15, 0.2) is 41.9 Å². The number of nitrogens with zero attached hydrogens (tertiary/aromatic N) is 3. The third-order valence-corrected chi connectivity index (χ3v) is 8.08.